The van der Waals surface area contributed by atoms with Crippen LogP contribution in [0, 0.1) is 0 Å². The fourth-order valence-corrected chi connectivity index (χ4v) is 4.30. The summed E-state index contributed by atoms with van der Waals surface area (Å²) in [5.41, 5.74) is 0.316. The Morgan fingerprint density at radius 1 is 1.21 bits per heavy atom. The van der Waals surface area contributed by atoms with Crippen LogP contribution in [0.1, 0.15) is 0 Å². The number of benzene rings is 1. The highest BCUT2D eigenvalue weighted by molar-refractivity contribution is 7.19. The van der Waals surface area contributed by atoms with E-state index < -0.39 is 11.6 Å². The third-order valence-corrected chi connectivity index (χ3v) is 6.19. The Balaban J connectivity index is 1.54. The summed E-state index contributed by atoms with van der Waals surface area (Å²) in [5, 5.41) is 50.8. The van der Waals surface area contributed by atoms with E-state index in [2.05, 4.69) is 20.5 Å². The number of rotatable bonds is 8. The number of nitrogens with one attached hydrogen (secondary N) is 1. The Morgan fingerprint density at radius 2 is 1.91 bits per heavy atom. The van der Waals surface area contributed by atoms with Gasteiger partial charge in [-0.05, 0) is 47.8 Å². The van der Waals surface area contributed by atoms with Crippen molar-refractivity contribution in [3.8, 4) is 0 Å². The molecule has 0 saturated heterocycles. The molecule has 33 heavy (non-hydrogen) atoms. The number of nitrogens with zero attached hydrogens (tertiary/aromatic N) is 5. The lowest BCUT2D eigenvalue weighted by atomic mass is 9.94. The summed E-state index contributed by atoms with van der Waals surface area (Å²) in [4.78, 5) is 17.7. The SMILES string of the molecule is C[n+]1c(N=Nc2ccc(N(CCO)CCO)cc2)sc2c1NC1=CC(O)(C(=O)O)C=CC1=N2. The Bertz CT molecular complexity index is 1180. The minimum Gasteiger partial charge on any atom is -0.479 e. The van der Waals surface area contributed by atoms with Gasteiger partial charge in [-0.3, -0.25) is 5.32 Å². The highest BCUT2D eigenvalue weighted by atomic mass is 32.1. The number of hydrogen-bond acceptors (Lipinski definition) is 10. The molecule has 0 spiro atoms. The van der Waals surface area contributed by atoms with Crippen molar-refractivity contribution in [2.24, 2.45) is 22.3 Å². The van der Waals surface area contributed by atoms with Crippen molar-refractivity contribution in [2.75, 3.05) is 36.5 Å². The summed E-state index contributed by atoms with van der Waals surface area (Å²) in [6.45, 7) is 0.815. The average Bonchev–Trinajstić information content (AvgIpc) is 3.11. The smallest absolute Gasteiger partial charge is 0.347 e. The number of carbonyl (C=O) groups is 1. The van der Waals surface area contributed by atoms with Crippen LogP contribution in [-0.2, 0) is 11.8 Å². The minimum atomic E-state index is -2.09. The number of aliphatic carboxylic acids is 1. The van der Waals surface area contributed by atoms with Gasteiger partial charge in [-0.15, -0.1) is 0 Å². The molecule has 1 aromatic carbocycles. The molecule has 172 valence electrons. The van der Waals surface area contributed by atoms with Crippen molar-refractivity contribution < 1.29 is 29.8 Å². The Labute approximate surface area is 193 Å². The normalized spacial score (nSPS) is 18.9. The van der Waals surface area contributed by atoms with Crippen molar-refractivity contribution >= 4 is 50.3 Å². The number of aliphatic hydroxyl groups excluding tert-OH is 2. The van der Waals surface area contributed by atoms with Gasteiger partial charge in [0.05, 0.1) is 20.3 Å². The largest absolute Gasteiger partial charge is 0.479 e. The van der Waals surface area contributed by atoms with Gasteiger partial charge in [-0.2, -0.15) is 0 Å². The second kappa shape index (κ2) is 9.19. The van der Waals surface area contributed by atoms with Gasteiger partial charge in [0.25, 0.3) is 5.82 Å². The predicted molar refractivity (Wildman–Crippen MR) is 123 cm³/mol. The molecule has 1 aliphatic heterocycles. The number of aliphatic hydroxyl groups is 3. The second-order valence-electron chi connectivity index (χ2n) is 7.39. The zero-order valence-corrected chi connectivity index (χ0v) is 18.5. The molecule has 0 radical (unpaired) electrons. The lowest BCUT2D eigenvalue weighted by Crippen LogP contribution is -2.39. The van der Waals surface area contributed by atoms with Gasteiger partial charge >= 0.3 is 11.1 Å². The van der Waals surface area contributed by atoms with E-state index >= 15 is 0 Å². The zero-order valence-electron chi connectivity index (χ0n) is 17.7. The molecule has 1 aromatic heterocycles. The van der Waals surface area contributed by atoms with Crippen molar-refractivity contribution in [3.05, 3.63) is 48.2 Å². The van der Waals surface area contributed by atoms with E-state index in [1.807, 2.05) is 17.0 Å². The summed E-state index contributed by atoms with van der Waals surface area (Å²) in [6, 6.07) is 7.28. The number of aromatic nitrogens is 1. The van der Waals surface area contributed by atoms with Gasteiger partial charge < -0.3 is 25.3 Å². The molecule has 0 fully saturated rings. The third-order valence-electron chi connectivity index (χ3n) is 5.17. The lowest BCUT2D eigenvalue weighted by Gasteiger charge is -2.22. The van der Waals surface area contributed by atoms with E-state index in [9.17, 15) is 25.2 Å². The highest BCUT2D eigenvalue weighted by Crippen LogP contribution is 2.40. The first-order valence-electron chi connectivity index (χ1n) is 10.1. The van der Waals surface area contributed by atoms with Crippen LogP contribution in [0.4, 0.5) is 27.3 Å². The van der Waals surface area contributed by atoms with E-state index in [1.54, 1.807) is 23.7 Å². The maximum Gasteiger partial charge on any atom is 0.347 e. The number of carboxylic acid groups (broad SMARTS) is 1. The van der Waals surface area contributed by atoms with Crippen LogP contribution in [0.3, 0.4) is 0 Å². The molecule has 5 N–H and O–H groups in total. The first kappa shape index (κ1) is 22.7. The number of anilines is 2. The molecular weight excluding hydrogens is 448 g/mol. The standard InChI is InChI=1S/C21H22N6O5S/c1-26-17-18(23-15-6-7-21(32,19(30)31)12-16(15)22-17)33-20(26)25-24-13-2-4-14(5-3-13)27(8-10-28)9-11-29/h2-7,12,22,28-29,32H,8-11H2,1H3/p+1. The Hall–Kier alpha value is -3.45. The van der Waals surface area contributed by atoms with Crippen molar-refractivity contribution in [1.29, 1.82) is 0 Å². The third kappa shape index (κ3) is 4.54. The van der Waals surface area contributed by atoms with Crippen LogP contribution in [0.15, 0.2) is 63.4 Å². The molecule has 1 atom stereocenters. The second-order valence-corrected chi connectivity index (χ2v) is 8.35. The molecule has 2 aliphatic rings. The molecule has 0 bridgehead atoms. The van der Waals surface area contributed by atoms with Crippen LogP contribution in [0.2, 0.25) is 0 Å². The molecular formula is C21H23N6O5S+. The molecule has 12 heteroatoms. The van der Waals surface area contributed by atoms with Crippen molar-refractivity contribution in [2.45, 2.75) is 5.60 Å². The van der Waals surface area contributed by atoms with Crippen LogP contribution >= 0.6 is 11.3 Å². The summed E-state index contributed by atoms with van der Waals surface area (Å²) >= 11 is 1.31. The fraction of sp³-hybridized carbons (Fsp3) is 0.286. The van der Waals surface area contributed by atoms with Crippen molar-refractivity contribution in [3.63, 3.8) is 0 Å². The van der Waals surface area contributed by atoms with E-state index in [0.29, 0.717) is 46.1 Å². The molecule has 0 amide bonds. The van der Waals surface area contributed by atoms with E-state index in [-0.39, 0.29) is 13.2 Å². The van der Waals surface area contributed by atoms with Crippen LogP contribution < -0.4 is 14.8 Å². The number of azo groups is 1. The van der Waals surface area contributed by atoms with Gasteiger partial charge in [0.2, 0.25) is 5.60 Å². The fourth-order valence-electron chi connectivity index (χ4n) is 3.39. The van der Waals surface area contributed by atoms with Crippen molar-refractivity contribution in [1.82, 2.24) is 0 Å². The predicted octanol–water partition coefficient (Wildman–Crippen LogP) is 1.55. The number of fused-ring (bicyclic) bond motifs is 2. The monoisotopic (exact) mass is 471 g/mol. The van der Waals surface area contributed by atoms with E-state index in [1.165, 1.54) is 29.6 Å². The first-order valence-corrected chi connectivity index (χ1v) is 10.9. The Morgan fingerprint density at radius 3 is 2.55 bits per heavy atom. The maximum atomic E-state index is 11.3. The topological polar surface area (TPSA) is 154 Å². The van der Waals surface area contributed by atoms with Crippen LogP contribution in [0.25, 0.3) is 0 Å². The average molecular weight is 472 g/mol. The van der Waals surface area contributed by atoms with E-state index in [4.69, 9.17) is 0 Å². The van der Waals surface area contributed by atoms with Gasteiger partial charge in [0.1, 0.15) is 17.1 Å². The number of aliphatic imine (C=N–C) groups is 1. The lowest BCUT2D eigenvalue weighted by molar-refractivity contribution is -0.639. The number of carboxylic acids is 1. The molecule has 4 rings (SSSR count). The first-order chi connectivity index (χ1) is 15.8. The minimum absolute atomic E-state index is 0.0124. The van der Waals surface area contributed by atoms with Crippen LogP contribution in [0.5, 0.6) is 0 Å². The molecule has 2 heterocycles. The molecule has 1 aliphatic carbocycles. The Kier molecular flexibility index (Phi) is 6.33. The molecule has 11 nitrogen and oxygen atoms in total. The van der Waals surface area contributed by atoms with Gasteiger partial charge in [-0.25, -0.2) is 14.4 Å². The number of hydrogen-bond donors (Lipinski definition) is 5. The molecule has 1 unspecified atom stereocenters. The highest BCUT2D eigenvalue weighted by Gasteiger charge is 2.38. The summed E-state index contributed by atoms with van der Waals surface area (Å²) < 4.78 is 1.75. The summed E-state index contributed by atoms with van der Waals surface area (Å²) in [7, 11) is 1.78. The van der Waals surface area contributed by atoms with E-state index in [0.717, 1.165) is 5.69 Å². The number of thiazole rings is 1. The molecule has 0 saturated carbocycles. The summed E-state index contributed by atoms with van der Waals surface area (Å²) in [6.07, 6.45) is 3.87. The van der Waals surface area contributed by atoms with Gasteiger partial charge in [-0.1, -0.05) is 5.11 Å². The molecule has 2 aromatic rings. The maximum absolute atomic E-state index is 11.3. The zero-order chi connectivity index (χ0) is 23.6. The number of allylic oxidation sites excluding steroid dienone is 1. The van der Waals surface area contributed by atoms with Gasteiger partial charge in [0, 0.05) is 30.0 Å². The quantitative estimate of drug-likeness (QED) is 0.289. The van der Waals surface area contributed by atoms with Crippen LogP contribution in [-0.4, -0.2) is 64.0 Å². The van der Waals surface area contributed by atoms with Gasteiger partial charge in [0.15, 0.2) is 5.00 Å². The summed E-state index contributed by atoms with van der Waals surface area (Å²) in [5.74, 6) is -0.755.